The van der Waals surface area contributed by atoms with Crippen LogP contribution in [0, 0.1) is 0 Å². The van der Waals surface area contributed by atoms with Crippen LogP contribution in [0.5, 0.6) is 11.5 Å². The number of hydrogen-bond donors (Lipinski definition) is 2. The number of nitrogens with one attached hydrogen (secondary N) is 1. The molecule has 0 saturated heterocycles. The van der Waals surface area contributed by atoms with Gasteiger partial charge in [-0.1, -0.05) is 145 Å². The third-order valence-corrected chi connectivity index (χ3v) is 10.9. The van der Waals surface area contributed by atoms with Crippen molar-refractivity contribution < 1.29 is 38.5 Å². The number of amides is 1. The van der Waals surface area contributed by atoms with Crippen LogP contribution in [0.1, 0.15) is 142 Å². The van der Waals surface area contributed by atoms with E-state index >= 15 is 4.79 Å². The summed E-state index contributed by atoms with van der Waals surface area (Å²) in [5.41, 5.74) is 0.702. The molecule has 0 aliphatic rings. The SMILES string of the molecule is CCCCCCCCCCCCCCCCOC(=O)c1ccc(NC(=O)C(Oc2cccc(C(=O)O)c2)C(=O)c2c(-c3ccccc3)n(C)c(=O)n2-c2ccccc2)c(OC(C)C)c1. The molecule has 1 heterocycles. The van der Waals surface area contributed by atoms with Gasteiger partial charge in [-0.15, -0.1) is 0 Å². The fraction of sp³-hybridized carbons (Fsp3) is 0.404. The fourth-order valence-corrected chi connectivity index (χ4v) is 7.61. The molecule has 0 spiro atoms. The average Bonchev–Trinajstić information content (AvgIpc) is 3.56. The molecule has 0 aliphatic heterocycles. The predicted octanol–water partition coefficient (Wildman–Crippen LogP) is 11.2. The molecule has 5 aromatic rings. The zero-order valence-electron chi connectivity index (χ0n) is 37.7. The van der Waals surface area contributed by atoms with Gasteiger partial charge in [0.15, 0.2) is 0 Å². The van der Waals surface area contributed by atoms with E-state index in [0.717, 1.165) is 19.3 Å². The first-order valence-corrected chi connectivity index (χ1v) is 22.8. The molecule has 0 saturated carbocycles. The number of esters is 1. The standard InChI is InChI=1S/C52H63N3O9/c1-5-6-7-8-9-10-11-12-13-14-15-16-17-24-34-62-51(60)40-32-33-43(44(36-40)63-37(2)3)53-49(57)48(64-42-31-25-28-39(35-42)50(58)59)47(56)46-45(38-26-20-18-21-27-38)54(4)52(61)55(46)41-29-22-19-23-30-41/h18-23,25-33,35-37,48H,5-17,24,34H2,1-4H3,(H,53,57)(H,58,59). The van der Waals surface area contributed by atoms with E-state index in [4.69, 9.17) is 14.2 Å². The molecule has 0 aliphatic carbocycles. The highest BCUT2D eigenvalue weighted by Crippen LogP contribution is 2.31. The minimum Gasteiger partial charge on any atom is -0.489 e. The lowest BCUT2D eigenvalue weighted by molar-refractivity contribution is -0.120. The van der Waals surface area contributed by atoms with Crippen LogP contribution in [0.4, 0.5) is 5.69 Å². The number of nitrogens with zero attached hydrogens (tertiary/aromatic N) is 2. The van der Waals surface area contributed by atoms with Crippen LogP contribution < -0.4 is 20.5 Å². The minimum absolute atomic E-state index is 0.0743. The number of para-hydroxylation sites is 1. The molecule has 0 bridgehead atoms. The Morgan fingerprint density at radius 3 is 1.86 bits per heavy atom. The van der Waals surface area contributed by atoms with E-state index in [2.05, 4.69) is 12.2 Å². The van der Waals surface area contributed by atoms with Crippen molar-refractivity contribution in [1.82, 2.24) is 9.13 Å². The Labute approximate surface area is 376 Å². The van der Waals surface area contributed by atoms with Gasteiger partial charge in [0.1, 0.15) is 17.2 Å². The fourth-order valence-electron chi connectivity index (χ4n) is 7.61. The lowest BCUT2D eigenvalue weighted by Crippen LogP contribution is -2.41. The molecule has 0 radical (unpaired) electrons. The summed E-state index contributed by atoms with van der Waals surface area (Å²) < 4.78 is 20.4. The van der Waals surface area contributed by atoms with Gasteiger partial charge in [-0.05, 0) is 68.8 Å². The topological polar surface area (TPSA) is 155 Å². The number of anilines is 1. The quantitative estimate of drug-likeness (QED) is 0.0227. The van der Waals surface area contributed by atoms with E-state index in [0.29, 0.717) is 11.3 Å². The van der Waals surface area contributed by atoms with Crippen molar-refractivity contribution in [3.05, 3.63) is 130 Å². The minimum atomic E-state index is -1.95. The van der Waals surface area contributed by atoms with Gasteiger partial charge in [-0.2, -0.15) is 0 Å². The molecule has 1 aromatic heterocycles. The van der Waals surface area contributed by atoms with E-state index in [9.17, 15) is 24.3 Å². The summed E-state index contributed by atoms with van der Waals surface area (Å²) >= 11 is 0. The van der Waals surface area contributed by atoms with Gasteiger partial charge >= 0.3 is 17.6 Å². The summed E-state index contributed by atoms with van der Waals surface area (Å²) in [6.07, 6.45) is 14.8. The molecule has 1 atom stereocenters. The molecule has 0 fully saturated rings. The molecule has 2 N–H and O–H groups in total. The molecule has 340 valence electrons. The maximum Gasteiger partial charge on any atom is 0.338 e. The Balaban J connectivity index is 1.33. The maximum absolute atomic E-state index is 15.1. The number of aromatic nitrogens is 2. The van der Waals surface area contributed by atoms with Crippen LogP contribution in [0.25, 0.3) is 16.9 Å². The second kappa shape index (κ2) is 25.0. The molecule has 1 unspecified atom stereocenters. The number of rotatable bonds is 27. The van der Waals surface area contributed by atoms with Crippen molar-refractivity contribution in [3.63, 3.8) is 0 Å². The Bertz CT molecular complexity index is 2350. The summed E-state index contributed by atoms with van der Waals surface area (Å²) in [7, 11) is 1.54. The monoisotopic (exact) mass is 873 g/mol. The van der Waals surface area contributed by atoms with E-state index in [1.54, 1.807) is 74.5 Å². The molecular weight excluding hydrogens is 811 g/mol. The van der Waals surface area contributed by atoms with Crippen molar-refractivity contribution in [1.29, 1.82) is 0 Å². The van der Waals surface area contributed by atoms with Gasteiger partial charge in [0, 0.05) is 12.6 Å². The van der Waals surface area contributed by atoms with Gasteiger partial charge in [0.05, 0.1) is 40.9 Å². The molecule has 12 nitrogen and oxygen atoms in total. The summed E-state index contributed by atoms with van der Waals surface area (Å²) in [5.74, 6) is -3.52. The number of aromatic carboxylic acids is 1. The number of imidazole rings is 1. The summed E-state index contributed by atoms with van der Waals surface area (Å²) in [6.45, 7) is 6.11. The van der Waals surface area contributed by atoms with E-state index in [1.807, 2.05) is 0 Å². The lowest BCUT2D eigenvalue weighted by atomic mass is 10.0. The van der Waals surface area contributed by atoms with Gasteiger partial charge in [0.2, 0.25) is 11.9 Å². The summed E-state index contributed by atoms with van der Waals surface area (Å²) in [4.78, 5) is 68.7. The Kier molecular flexibility index (Phi) is 19.0. The highest BCUT2D eigenvalue weighted by molar-refractivity contribution is 6.18. The first-order valence-electron chi connectivity index (χ1n) is 22.8. The first kappa shape index (κ1) is 48.6. The van der Waals surface area contributed by atoms with Crippen molar-refractivity contribution >= 4 is 29.3 Å². The summed E-state index contributed by atoms with van der Waals surface area (Å²) in [6, 6.07) is 27.3. The average molecular weight is 874 g/mol. The molecule has 12 heteroatoms. The number of ketones is 1. The molecular formula is C52H63N3O9. The van der Waals surface area contributed by atoms with Crippen molar-refractivity contribution in [2.45, 2.75) is 123 Å². The molecule has 1 amide bonds. The van der Waals surface area contributed by atoms with E-state index in [-0.39, 0.29) is 52.4 Å². The van der Waals surface area contributed by atoms with Crippen molar-refractivity contribution in [2.24, 2.45) is 7.05 Å². The maximum atomic E-state index is 15.1. The Hall–Kier alpha value is -6.43. The van der Waals surface area contributed by atoms with Crippen molar-refractivity contribution in [2.75, 3.05) is 11.9 Å². The zero-order valence-corrected chi connectivity index (χ0v) is 37.7. The van der Waals surface area contributed by atoms with Crippen LogP contribution in [0.2, 0.25) is 0 Å². The number of hydrogen-bond acceptors (Lipinski definition) is 8. The highest BCUT2D eigenvalue weighted by Gasteiger charge is 2.37. The number of carbonyl (C=O) groups is 4. The van der Waals surface area contributed by atoms with Gasteiger partial charge in [-0.25, -0.2) is 14.4 Å². The van der Waals surface area contributed by atoms with Gasteiger partial charge in [0.25, 0.3) is 5.91 Å². The second-order valence-electron chi connectivity index (χ2n) is 16.4. The van der Waals surface area contributed by atoms with Crippen LogP contribution in [-0.4, -0.2) is 56.7 Å². The number of ether oxygens (including phenoxy) is 3. The van der Waals surface area contributed by atoms with Gasteiger partial charge in [-0.3, -0.25) is 18.7 Å². The third-order valence-electron chi connectivity index (χ3n) is 10.9. The number of benzene rings is 4. The number of carboxylic acids is 1. The van der Waals surface area contributed by atoms with Crippen molar-refractivity contribution in [3.8, 4) is 28.4 Å². The first-order chi connectivity index (χ1) is 31.0. The third kappa shape index (κ3) is 13.8. The van der Waals surface area contributed by atoms with Crippen LogP contribution in [-0.2, 0) is 16.6 Å². The number of Topliss-reactive ketones (excluding diaryl/α,β-unsaturated/α-hetero) is 1. The van der Waals surface area contributed by atoms with Crippen LogP contribution in [0.3, 0.4) is 0 Å². The van der Waals surface area contributed by atoms with Crippen LogP contribution in [0.15, 0.2) is 108 Å². The predicted molar refractivity (Wildman–Crippen MR) is 250 cm³/mol. The second-order valence-corrected chi connectivity index (χ2v) is 16.4. The Morgan fingerprint density at radius 2 is 1.27 bits per heavy atom. The molecule has 64 heavy (non-hydrogen) atoms. The largest absolute Gasteiger partial charge is 0.489 e. The van der Waals surface area contributed by atoms with E-state index < -0.39 is 35.4 Å². The number of unbranched alkanes of at least 4 members (excludes halogenated alkanes) is 13. The lowest BCUT2D eigenvalue weighted by Gasteiger charge is -2.21. The number of carboxylic acid groups (broad SMARTS) is 1. The smallest absolute Gasteiger partial charge is 0.338 e. The number of carbonyl (C=O) groups excluding carboxylic acids is 3. The zero-order chi connectivity index (χ0) is 45.8. The van der Waals surface area contributed by atoms with Crippen LogP contribution >= 0.6 is 0 Å². The summed E-state index contributed by atoms with van der Waals surface area (Å²) in [5, 5.41) is 12.5. The van der Waals surface area contributed by atoms with Gasteiger partial charge < -0.3 is 24.6 Å². The molecule has 4 aromatic carbocycles. The van der Waals surface area contributed by atoms with E-state index in [1.165, 1.54) is 129 Å². The molecule has 5 rings (SSSR count). The highest BCUT2D eigenvalue weighted by atomic mass is 16.5. The Morgan fingerprint density at radius 1 is 0.672 bits per heavy atom. The normalized spacial score (nSPS) is 11.6.